The second-order valence-electron chi connectivity index (χ2n) is 13.6. The van der Waals surface area contributed by atoms with Crippen molar-refractivity contribution >= 4 is 30.5 Å². The first-order chi connectivity index (χ1) is 25.7. The molecule has 1 aliphatic heterocycles. The fourth-order valence-corrected chi connectivity index (χ4v) is 6.14. The monoisotopic (exact) mass is 747 g/mol. The molecule has 5 aromatic rings. The molecule has 1 aliphatic rings. The van der Waals surface area contributed by atoms with E-state index in [2.05, 4.69) is 66.2 Å². The minimum Gasteiger partial charge on any atom is -0.489 e. The highest BCUT2D eigenvalue weighted by Gasteiger charge is 2.20. The summed E-state index contributed by atoms with van der Waals surface area (Å²) in [6.07, 6.45) is 7.30. The molecule has 0 radical (unpaired) electrons. The van der Waals surface area contributed by atoms with Crippen LogP contribution in [0.15, 0.2) is 115 Å². The molecule has 4 aromatic carbocycles. The molecule has 280 valence electrons. The van der Waals surface area contributed by atoms with Crippen LogP contribution in [0.4, 0.5) is 4.39 Å². The molecule has 0 spiro atoms. The summed E-state index contributed by atoms with van der Waals surface area (Å²) >= 11 is 0. The van der Waals surface area contributed by atoms with Gasteiger partial charge in [-0.05, 0) is 115 Å². The molecule has 1 fully saturated rings. The van der Waals surface area contributed by atoms with Crippen LogP contribution in [0.3, 0.4) is 0 Å². The van der Waals surface area contributed by atoms with Gasteiger partial charge in [-0.2, -0.15) is 0 Å². The second-order valence-corrected chi connectivity index (χ2v) is 13.6. The van der Waals surface area contributed by atoms with Crippen molar-refractivity contribution in [2.45, 2.75) is 40.8 Å². The maximum Gasteiger partial charge on any atom is 0.246 e. The molecule has 9 heteroatoms. The van der Waals surface area contributed by atoms with Crippen molar-refractivity contribution in [2.75, 3.05) is 32.8 Å². The lowest BCUT2D eigenvalue weighted by molar-refractivity contribution is -0.127. The van der Waals surface area contributed by atoms with E-state index in [1.165, 1.54) is 23.3 Å². The number of pyridine rings is 1. The predicted octanol–water partition coefficient (Wildman–Crippen LogP) is 9.78. The van der Waals surface area contributed by atoms with Crippen LogP contribution in [0, 0.1) is 26.6 Å². The molecule has 6 rings (SSSR count). The first-order valence-electron chi connectivity index (χ1n) is 17.9. The average molecular weight is 748 g/mol. The van der Waals surface area contributed by atoms with E-state index in [1.807, 2.05) is 49.1 Å². The van der Waals surface area contributed by atoms with E-state index < -0.39 is 0 Å². The maximum absolute atomic E-state index is 13.1. The van der Waals surface area contributed by atoms with E-state index in [0.717, 1.165) is 64.5 Å². The summed E-state index contributed by atoms with van der Waals surface area (Å²) in [5, 5.41) is 0. The quantitative estimate of drug-likeness (QED) is 0.112. The number of hydrogen-bond acceptors (Lipinski definition) is 6. The molecule has 2 heterocycles. The van der Waals surface area contributed by atoms with Crippen molar-refractivity contribution in [3.8, 4) is 23.1 Å². The molecule has 54 heavy (non-hydrogen) atoms. The number of amides is 1. The van der Waals surface area contributed by atoms with Crippen LogP contribution in [0.5, 0.6) is 23.1 Å². The zero-order valence-electron chi connectivity index (χ0n) is 31.3. The molecular weight excluding hydrogens is 701 g/mol. The number of rotatable bonds is 13. The molecule has 0 N–H and O–H groups in total. The minimum atomic E-state index is -0.278. The highest BCUT2D eigenvalue weighted by Crippen LogP contribution is 2.30. The molecular formula is C45H47ClFN3O4. The first-order valence-corrected chi connectivity index (χ1v) is 17.9. The number of aromatic nitrogens is 1. The summed E-state index contributed by atoms with van der Waals surface area (Å²) in [7, 11) is 0. The van der Waals surface area contributed by atoms with Crippen molar-refractivity contribution < 1.29 is 23.4 Å². The van der Waals surface area contributed by atoms with Crippen LogP contribution >= 0.6 is 12.4 Å². The van der Waals surface area contributed by atoms with Crippen molar-refractivity contribution in [1.29, 1.82) is 0 Å². The van der Waals surface area contributed by atoms with Crippen molar-refractivity contribution in [3.05, 3.63) is 160 Å². The van der Waals surface area contributed by atoms with Crippen LogP contribution in [-0.2, 0) is 17.9 Å². The fraction of sp³-hybridized carbons (Fsp3) is 0.244. The lowest BCUT2D eigenvalue weighted by Crippen LogP contribution is -2.47. The number of carbonyl (C=O) groups is 1. The van der Waals surface area contributed by atoms with Gasteiger partial charge in [-0.1, -0.05) is 60.2 Å². The Hall–Kier alpha value is -5.44. The number of ether oxygens (including phenoxy) is 3. The van der Waals surface area contributed by atoms with Crippen LogP contribution in [0.2, 0.25) is 0 Å². The maximum atomic E-state index is 13.1. The van der Waals surface area contributed by atoms with E-state index in [4.69, 9.17) is 14.2 Å². The number of piperazine rings is 1. The van der Waals surface area contributed by atoms with Crippen LogP contribution in [0.25, 0.3) is 12.2 Å². The molecule has 1 amide bonds. The molecule has 0 saturated carbocycles. The number of aryl methyl sites for hydroxylation is 3. The summed E-state index contributed by atoms with van der Waals surface area (Å²) in [5.41, 5.74) is 8.47. The largest absolute Gasteiger partial charge is 0.489 e. The molecule has 0 aliphatic carbocycles. The highest BCUT2D eigenvalue weighted by molar-refractivity contribution is 5.92. The van der Waals surface area contributed by atoms with Gasteiger partial charge in [0.25, 0.3) is 0 Å². The zero-order valence-corrected chi connectivity index (χ0v) is 32.1. The van der Waals surface area contributed by atoms with E-state index >= 15 is 0 Å². The van der Waals surface area contributed by atoms with Gasteiger partial charge >= 0.3 is 0 Å². The smallest absolute Gasteiger partial charge is 0.246 e. The molecule has 0 unspecified atom stereocenters. The van der Waals surface area contributed by atoms with Gasteiger partial charge in [0.05, 0.1) is 6.20 Å². The van der Waals surface area contributed by atoms with Gasteiger partial charge in [0, 0.05) is 44.9 Å². The van der Waals surface area contributed by atoms with E-state index in [0.29, 0.717) is 37.9 Å². The van der Waals surface area contributed by atoms with Gasteiger partial charge in [-0.25, -0.2) is 9.37 Å². The molecule has 7 nitrogen and oxygen atoms in total. The van der Waals surface area contributed by atoms with Crippen LogP contribution in [0.1, 0.15) is 45.9 Å². The number of halogens is 2. The lowest BCUT2D eigenvalue weighted by atomic mass is 10.1. The van der Waals surface area contributed by atoms with Crippen molar-refractivity contribution in [2.24, 2.45) is 0 Å². The second kappa shape index (κ2) is 19.1. The lowest BCUT2D eigenvalue weighted by Gasteiger charge is -2.34. The SMILES string of the molecule is CC(=Cc1ccc(CN2CCN(C(=O)C=Cc3cc(C)c(Oc4ccc(OCc5ccc(F)cc5)cn4)c(C)c3)CC2)cc1)COc1ccc(C)cc1.Cl. The Morgan fingerprint density at radius 1 is 0.778 bits per heavy atom. The number of nitrogens with zero attached hydrogens (tertiary/aromatic N) is 3. The van der Waals surface area contributed by atoms with E-state index in [9.17, 15) is 9.18 Å². The minimum absolute atomic E-state index is 0. The third-order valence-corrected chi connectivity index (χ3v) is 9.11. The molecule has 0 bridgehead atoms. The Labute approximate surface area is 324 Å². The normalized spacial score (nSPS) is 13.4. The van der Waals surface area contributed by atoms with Gasteiger partial charge in [0.15, 0.2) is 0 Å². The van der Waals surface area contributed by atoms with Crippen molar-refractivity contribution in [1.82, 2.24) is 14.8 Å². The Balaban J connectivity index is 0.00000561. The summed E-state index contributed by atoms with van der Waals surface area (Å²) in [4.78, 5) is 21.8. The Morgan fingerprint density at radius 2 is 1.43 bits per heavy atom. The van der Waals surface area contributed by atoms with Gasteiger partial charge in [0.1, 0.15) is 36.3 Å². The molecule has 1 saturated heterocycles. The molecule has 1 aromatic heterocycles. The van der Waals surface area contributed by atoms with Crippen molar-refractivity contribution in [3.63, 3.8) is 0 Å². The van der Waals surface area contributed by atoms with Gasteiger partial charge in [-0.15, -0.1) is 12.4 Å². The number of benzene rings is 4. The van der Waals surface area contributed by atoms with Gasteiger partial charge < -0.3 is 19.1 Å². The Kier molecular flexibility index (Phi) is 14.0. The van der Waals surface area contributed by atoms with Crippen LogP contribution in [-0.4, -0.2) is 53.5 Å². The van der Waals surface area contributed by atoms with Crippen LogP contribution < -0.4 is 14.2 Å². The first kappa shape index (κ1) is 39.8. The fourth-order valence-electron chi connectivity index (χ4n) is 6.14. The third kappa shape index (κ3) is 11.5. The summed E-state index contributed by atoms with van der Waals surface area (Å²) in [6.45, 7) is 12.9. The number of carbonyl (C=O) groups excluding carboxylic acids is 1. The topological polar surface area (TPSA) is 64.1 Å². The standard InChI is InChI=1S/C45H46FN3O4.ClH/c1-32-5-16-41(17-6-32)51-30-33(2)25-36-7-9-37(10-8-36)29-48-21-23-49(24-22-48)44(50)20-13-39-26-34(3)45(35(4)27-39)53-43-19-18-42(28-47-43)52-31-38-11-14-40(46)15-12-38;/h5-20,25-28H,21-24,29-31H2,1-4H3;1H. The summed E-state index contributed by atoms with van der Waals surface area (Å²) < 4.78 is 30.9. The van der Waals surface area contributed by atoms with Gasteiger partial charge in [-0.3, -0.25) is 9.69 Å². The highest BCUT2D eigenvalue weighted by atomic mass is 35.5. The summed E-state index contributed by atoms with van der Waals surface area (Å²) in [6, 6.07) is 30.5. The molecule has 0 atom stereocenters. The van der Waals surface area contributed by atoms with E-state index in [1.54, 1.807) is 36.5 Å². The third-order valence-electron chi connectivity index (χ3n) is 9.11. The Bertz CT molecular complexity index is 2020. The average Bonchev–Trinajstić information content (AvgIpc) is 3.16. The van der Waals surface area contributed by atoms with E-state index in [-0.39, 0.29) is 24.1 Å². The van der Waals surface area contributed by atoms with Gasteiger partial charge in [0.2, 0.25) is 11.8 Å². The Morgan fingerprint density at radius 3 is 2.07 bits per heavy atom. The predicted molar refractivity (Wildman–Crippen MR) is 216 cm³/mol. The number of hydrogen-bond donors (Lipinski definition) is 0. The summed E-state index contributed by atoms with van der Waals surface area (Å²) in [5.74, 6) is 2.38. The zero-order chi connectivity index (χ0) is 37.2.